The van der Waals surface area contributed by atoms with Crippen molar-refractivity contribution in [3.05, 3.63) is 82.4 Å². The van der Waals surface area contributed by atoms with E-state index in [0.29, 0.717) is 17.8 Å². The molecule has 0 unspecified atom stereocenters. The fourth-order valence-electron chi connectivity index (χ4n) is 4.59. The zero-order valence-electron chi connectivity index (χ0n) is 25.1. The molecular formula is C33H48O4. The SMILES string of the molecule is COc1cccc(C)c1C(C)C.COc1cccc(C)c1C(C)C.COc1cccc(OC)c1C(C)C. The lowest BCUT2D eigenvalue weighted by Gasteiger charge is -2.15. The van der Waals surface area contributed by atoms with Crippen LogP contribution in [0, 0.1) is 13.8 Å². The van der Waals surface area contributed by atoms with Gasteiger partial charge >= 0.3 is 0 Å². The monoisotopic (exact) mass is 508 g/mol. The summed E-state index contributed by atoms with van der Waals surface area (Å²) < 4.78 is 21.1. The van der Waals surface area contributed by atoms with Gasteiger partial charge in [0, 0.05) is 5.56 Å². The largest absolute Gasteiger partial charge is 0.496 e. The van der Waals surface area contributed by atoms with Gasteiger partial charge in [0.2, 0.25) is 0 Å². The standard InChI is InChI=1S/C11H16O2.2C11H16O/c1-8(2)11-9(12-3)6-5-7-10(11)13-4;2*1-8(2)11-9(3)6-5-7-10(11)12-4/h5-8H,1-4H3;2*5-8H,1-4H3. The van der Waals surface area contributed by atoms with E-state index < -0.39 is 0 Å². The van der Waals surface area contributed by atoms with Crippen molar-refractivity contribution in [3.63, 3.8) is 0 Å². The van der Waals surface area contributed by atoms with E-state index in [1.807, 2.05) is 42.5 Å². The molecule has 4 heteroatoms. The third-order valence-corrected chi connectivity index (χ3v) is 6.21. The maximum atomic E-state index is 5.29. The first-order valence-corrected chi connectivity index (χ1v) is 13.0. The molecule has 0 saturated heterocycles. The fraction of sp³-hybridized carbons (Fsp3) is 0.455. The molecule has 0 heterocycles. The van der Waals surface area contributed by atoms with Gasteiger partial charge in [-0.2, -0.15) is 0 Å². The first-order valence-electron chi connectivity index (χ1n) is 13.0. The molecule has 0 aliphatic carbocycles. The van der Waals surface area contributed by atoms with Gasteiger partial charge in [-0.3, -0.25) is 0 Å². The Bertz CT molecular complexity index is 1000. The van der Waals surface area contributed by atoms with Crippen LogP contribution in [0.3, 0.4) is 0 Å². The van der Waals surface area contributed by atoms with Crippen LogP contribution < -0.4 is 18.9 Å². The van der Waals surface area contributed by atoms with Crippen LogP contribution in [0.5, 0.6) is 23.0 Å². The normalized spacial score (nSPS) is 10.4. The average molecular weight is 509 g/mol. The van der Waals surface area contributed by atoms with Crippen molar-refractivity contribution >= 4 is 0 Å². The minimum Gasteiger partial charge on any atom is -0.496 e. The van der Waals surface area contributed by atoms with E-state index in [9.17, 15) is 0 Å². The molecule has 0 saturated carbocycles. The van der Waals surface area contributed by atoms with Crippen LogP contribution in [0.25, 0.3) is 0 Å². The lowest BCUT2D eigenvalue weighted by atomic mass is 9.97. The van der Waals surface area contributed by atoms with E-state index in [4.69, 9.17) is 18.9 Å². The predicted octanol–water partition coefficient (Wildman–Crippen LogP) is 9.08. The molecule has 3 aromatic carbocycles. The average Bonchev–Trinajstić information content (AvgIpc) is 2.87. The van der Waals surface area contributed by atoms with Crippen molar-refractivity contribution in [3.8, 4) is 23.0 Å². The zero-order valence-corrected chi connectivity index (χ0v) is 25.1. The number of hydrogen-bond donors (Lipinski definition) is 0. The number of benzene rings is 3. The summed E-state index contributed by atoms with van der Waals surface area (Å²) in [5, 5.41) is 0. The quantitative estimate of drug-likeness (QED) is 0.319. The molecular weight excluding hydrogens is 460 g/mol. The topological polar surface area (TPSA) is 36.9 Å². The van der Waals surface area contributed by atoms with Gasteiger partial charge in [0.15, 0.2) is 0 Å². The van der Waals surface area contributed by atoms with Crippen molar-refractivity contribution in [2.24, 2.45) is 0 Å². The minimum atomic E-state index is 0.408. The maximum Gasteiger partial charge on any atom is 0.126 e. The molecule has 37 heavy (non-hydrogen) atoms. The highest BCUT2D eigenvalue weighted by molar-refractivity contribution is 5.46. The Morgan fingerprint density at radius 1 is 0.405 bits per heavy atom. The number of aryl methyl sites for hydroxylation is 2. The van der Waals surface area contributed by atoms with Crippen molar-refractivity contribution in [2.75, 3.05) is 28.4 Å². The van der Waals surface area contributed by atoms with Crippen LogP contribution in [-0.4, -0.2) is 28.4 Å². The summed E-state index contributed by atoms with van der Waals surface area (Å²) in [7, 11) is 6.81. The Hall–Kier alpha value is -3.14. The third-order valence-electron chi connectivity index (χ3n) is 6.21. The number of methoxy groups -OCH3 is 4. The van der Waals surface area contributed by atoms with Crippen LogP contribution >= 0.6 is 0 Å². The van der Waals surface area contributed by atoms with Gasteiger partial charge in [-0.05, 0) is 78.1 Å². The summed E-state index contributed by atoms with van der Waals surface area (Å²) in [5.41, 5.74) is 6.39. The number of rotatable bonds is 7. The Balaban J connectivity index is 0.000000278. The first-order chi connectivity index (χ1) is 17.5. The Morgan fingerprint density at radius 3 is 0.865 bits per heavy atom. The highest BCUT2D eigenvalue weighted by Gasteiger charge is 2.12. The maximum absolute atomic E-state index is 5.29. The molecule has 0 amide bonds. The summed E-state index contributed by atoms with van der Waals surface area (Å²) in [6, 6.07) is 18.2. The van der Waals surface area contributed by atoms with E-state index in [-0.39, 0.29) is 0 Å². The molecule has 0 aliphatic heterocycles. The molecule has 3 rings (SSSR count). The van der Waals surface area contributed by atoms with Crippen LogP contribution in [0.2, 0.25) is 0 Å². The Labute approximate surface area is 225 Å². The van der Waals surface area contributed by atoms with Crippen molar-refractivity contribution in [1.82, 2.24) is 0 Å². The highest BCUT2D eigenvalue weighted by atomic mass is 16.5. The number of hydrogen-bond acceptors (Lipinski definition) is 4. The molecule has 0 atom stereocenters. The molecule has 0 radical (unpaired) electrons. The summed E-state index contributed by atoms with van der Waals surface area (Å²) in [4.78, 5) is 0. The molecule has 0 bridgehead atoms. The smallest absolute Gasteiger partial charge is 0.126 e. The number of ether oxygens (including phenoxy) is 4. The van der Waals surface area contributed by atoms with E-state index in [1.165, 1.54) is 22.3 Å². The molecule has 4 nitrogen and oxygen atoms in total. The van der Waals surface area contributed by atoms with Gasteiger partial charge in [0.1, 0.15) is 23.0 Å². The van der Waals surface area contributed by atoms with E-state index >= 15 is 0 Å². The lowest BCUT2D eigenvalue weighted by Crippen LogP contribution is -1.98. The summed E-state index contributed by atoms with van der Waals surface area (Å²) >= 11 is 0. The zero-order chi connectivity index (χ0) is 28.1. The third kappa shape index (κ3) is 9.03. The molecule has 204 valence electrons. The Morgan fingerprint density at radius 2 is 0.649 bits per heavy atom. The van der Waals surface area contributed by atoms with E-state index in [0.717, 1.165) is 28.6 Å². The van der Waals surface area contributed by atoms with Crippen molar-refractivity contribution in [2.45, 2.75) is 73.1 Å². The molecule has 0 fully saturated rings. The molecule has 0 aromatic heterocycles. The van der Waals surface area contributed by atoms with Gasteiger partial charge in [-0.25, -0.2) is 0 Å². The van der Waals surface area contributed by atoms with Gasteiger partial charge in [0.25, 0.3) is 0 Å². The molecule has 0 N–H and O–H groups in total. The minimum absolute atomic E-state index is 0.408. The van der Waals surface area contributed by atoms with Gasteiger partial charge in [-0.15, -0.1) is 0 Å². The predicted molar refractivity (Wildman–Crippen MR) is 157 cm³/mol. The first kappa shape index (κ1) is 31.9. The second kappa shape index (κ2) is 15.9. The van der Waals surface area contributed by atoms with E-state index in [1.54, 1.807) is 28.4 Å². The highest BCUT2D eigenvalue weighted by Crippen LogP contribution is 2.34. The second-order valence-corrected chi connectivity index (χ2v) is 9.92. The van der Waals surface area contributed by atoms with Crippen LogP contribution in [-0.2, 0) is 0 Å². The van der Waals surface area contributed by atoms with Crippen molar-refractivity contribution in [1.29, 1.82) is 0 Å². The van der Waals surface area contributed by atoms with Gasteiger partial charge in [0.05, 0.1) is 28.4 Å². The molecule has 0 spiro atoms. The summed E-state index contributed by atoms with van der Waals surface area (Å²) in [6.45, 7) is 17.2. The molecule has 0 aliphatic rings. The fourth-order valence-corrected chi connectivity index (χ4v) is 4.59. The summed E-state index contributed by atoms with van der Waals surface area (Å²) in [6.07, 6.45) is 0. The van der Waals surface area contributed by atoms with Crippen LogP contribution in [0.1, 0.15) is 87.1 Å². The summed E-state index contributed by atoms with van der Waals surface area (Å²) in [5.74, 6) is 5.27. The van der Waals surface area contributed by atoms with Crippen LogP contribution in [0.15, 0.2) is 54.6 Å². The van der Waals surface area contributed by atoms with Gasteiger partial charge < -0.3 is 18.9 Å². The van der Waals surface area contributed by atoms with Crippen LogP contribution in [0.4, 0.5) is 0 Å². The van der Waals surface area contributed by atoms with Gasteiger partial charge in [-0.1, -0.05) is 71.9 Å². The van der Waals surface area contributed by atoms with E-state index in [2.05, 4.69) is 67.5 Å². The lowest BCUT2D eigenvalue weighted by molar-refractivity contribution is 0.382. The second-order valence-electron chi connectivity index (χ2n) is 9.92. The van der Waals surface area contributed by atoms with Crippen molar-refractivity contribution < 1.29 is 18.9 Å². The molecule has 3 aromatic rings. The Kier molecular flexibility index (Phi) is 13.7.